The molecule has 0 aliphatic rings. The molecule has 0 atom stereocenters. The normalized spacial score (nSPS) is 11.0. The van der Waals surface area contributed by atoms with E-state index in [1.807, 2.05) is 23.7 Å². The highest BCUT2D eigenvalue weighted by Gasteiger charge is 2.10. The molecule has 0 unspecified atom stereocenters. The molecule has 4 heteroatoms. The van der Waals surface area contributed by atoms with Gasteiger partial charge in [0.15, 0.2) is 0 Å². The summed E-state index contributed by atoms with van der Waals surface area (Å²) >= 11 is 3.43. The summed E-state index contributed by atoms with van der Waals surface area (Å²) < 4.78 is 1.90. The molecule has 1 aromatic carbocycles. The van der Waals surface area contributed by atoms with Crippen LogP contribution in [-0.2, 0) is 11.9 Å². The molecule has 0 amide bonds. The lowest BCUT2D eigenvalue weighted by atomic mass is 10.2. The molecule has 1 aromatic heterocycles. The lowest BCUT2D eigenvalue weighted by Crippen LogP contribution is -2.00. The molecule has 1 N–H and O–H groups in total. The van der Waals surface area contributed by atoms with Gasteiger partial charge in [-0.2, -0.15) is 5.10 Å². The maximum Gasteiger partial charge on any atom is 0.143 e. The third-order valence-corrected chi connectivity index (χ3v) is 2.82. The Morgan fingerprint density at radius 2 is 2.29 bits per heavy atom. The highest BCUT2D eigenvalue weighted by molar-refractivity contribution is 9.08. The van der Waals surface area contributed by atoms with Crippen LogP contribution < -0.4 is 0 Å². The average molecular weight is 255 g/mol. The van der Waals surface area contributed by atoms with Gasteiger partial charge in [-0.25, -0.2) is 0 Å². The van der Waals surface area contributed by atoms with Crippen molar-refractivity contribution >= 4 is 26.8 Å². The number of phenolic OH excluding ortho intramolecular Hbond substituents is 1. The first-order chi connectivity index (χ1) is 6.77. The van der Waals surface area contributed by atoms with Crippen LogP contribution in [0.4, 0.5) is 0 Å². The van der Waals surface area contributed by atoms with Crippen molar-refractivity contribution in [3.05, 3.63) is 23.9 Å². The van der Waals surface area contributed by atoms with Crippen LogP contribution in [0.1, 0.15) is 12.6 Å². The van der Waals surface area contributed by atoms with E-state index in [0.29, 0.717) is 5.52 Å². The SMILES string of the molecule is CCn1nc2c(O)cccc2c1CBr. The summed E-state index contributed by atoms with van der Waals surface area (Å²) in [4.78, 5) is 0. The molecule has 0 aliphatic heterocycles. The minimum absolute atomic E-state index is 0.247. The second kappa shape index (κ2) is 3.61. The number of phenols is 1. The van der Waals surface area contributed by atoms with Crippen LogP contribution in [-0.4, -0.2) is 14.9 Å². The van der Waals surface area contributed by atoms with Gasteiger partial charge in [-0.3, -0.25) is 4.68 Å². The van der Waals surface area contributed by atoms with E-state index in [4.69, 9.17) is 0 Å². The van der Waals surface area contributed by atoms with Crippen LogP contribution in [0.15, 0.2) is 18.2 Å². The Labute approximate surface area is 90.5 Å². The molecular weight excluding hydrogens is 244 g/mol. The van der Waals surface area contributed by atoms with Crippen LogP contribution in [0.5, 0.6) is 5.75 Å². The Morgan fingerprint density at radius 1 is 1.50 bits per heavy atom. The lowest BCUT2D eigenvalue weighted by molar-refractivity contribution is 0.479. The summed E-state index contributed by atoms with van der Waals surface area (Å²) in [5.74, 6) is 0.247. The first-order valence-corrected chi connectivity index (χ1v) is 5.63. The van der Waals surface area contributed by atoms with Crippen molar-refractivity contribution in [3.8, 4) is 5.75 Å². The van der Waals surface area contributed by atoms with Crippen molar-refractivity contribution in [3.63, 3.8) is 0 Å². The molecule has 0 bridgehead atoms. The molecule has 2 rings (SSSR count). The van der Waals surface area contributed by atoms with Crippen LogP contribution in [0.3, 0.4) is 0 Å². The Morgan fingerprint density at radius 3 is 2.93 bits per heavy atom. The van der Waals surface area contributed by atoms with Gasteiger partial charge in [-0.05, 0) is 13.0 Å². The van der Waals surface area contributed by atoms with Crippen LogP contribution >= 0.6 is 15.9 Å². The van der Waals surface area contributed by atoms with E-state index in [1.165, 1.54) is 0 Å². The third kappa shape index (κ3) is 1.30. The molecule has 0 saturated carbocycles. The summed E-state index contributed by atoms with van der Waals surface area (Å²) in [7, 11) is 0. The molecule has 0 radical (unpaired) electrons. The van der Waals surface area contributed by atoms with Crippen molar-refractivity contribution in [2.45, 2.75) is 18.8 Å². The van der Waals surface area contributed by atoms with Crippen molar-refractivity contribution in [1.29, 1.82) is 0 Å². The lowest BCUT2D eigenvalue weighted by Gasteiger charge is -1.99. The highest BCUT2D eigenvalue weighted by atomic mass is 79.9. The molecule has 1 heterocycles. The maximum absolute atomic E-state index is 9.61. The molecule has 3 nitrogen and oxygen atoms in total. The fourth-order valence-corrected chi connectivity index (χ4v) is 2.18. The predicted molar refractivity (Wildman–Crippen MR) is 59.7 cm³/mol. The smallest absolute Gasteiger partial charge is 0.143 e. The topological polar surface area (TPSA) is 38.0 Å². The Bertz CT molecular complexity index is 464. The van der Waals surface area contributed by atoms with Gasteiger partial charge in [0.25, 0.3) is 0 Å². The van der Waals surface area contributed by atoms with E-state index in [1.54, 1.807) is 6.07 Å². The summed E-state index contributed by atoms with van der Waals surface area (Å²) in [5, 5.41) is 15.7. The Kier molecular flexibility index (Phi) is 2.46. The van der Waals surface area contributed by atoms with Crippen molar-refractivity contribution in [2.75, 3.05) is 0 Å². The minimum atomic E-state index is 0.247. The molecule has 0 aliphatic carbocycles. The number of halogens is 1. The summed E-state index contributed by atoms with van der Waals surface area (Å²) in [6.07, 6.45) is 0. The van der Waals surface area contributed by atoms with Gasteiger partial charge in [0, 0.05) is 17.3 Å². The zero-order valence-corrected chi connectivity index (χ0v) is 9.45. The number of aromatic hydroxyl groups is 1. The quantitative estimate of drug-likeness (QED) is 0.838. The molecule has 0 saturated heterocycles. The monoisotopic (exact) mass is 254 g/mol. The second-order valence-electron chi connectivity index (χ2n) is 3.07. The summed E-state index contributed by atoms with van der Waals surface area (Å²) in [6.45, 7) is 2.85. The Hall–Kier alpha value is -1.03. The number of hydrogen-bond donors (Lipinski definition) is 1. The summed E-state index contributed by atoms with van der Waals surface area (Å²) in [6, 6.07) is 5.48. The van der Waals surface area contributed by atoms with Crippen LogP contribution in [0.25, 0.3) is 10.9 Å². The fraction of sp³-hybridized carbons (Fsp3) is 0.300. The first-order valence-electron chi connectivity index (χ1n) is 4.51. The number of hydrogen-bond acceptors (Lipinski definition) is 2. The van der Waals surface area contributed by atoms with Crippen molar-refractivity contribution in [2.24, 2.45) is 0 Å². The van der Waals surface area contributed by atoms with Gasteiger partial charge < -0.3 is 5.11 Å². The summed E-state index contributed by atoms with van der Waals surface area (Å²) in [5.41, 5.74) is 1.79. The van der Waals surface area contributed by atoms with Gasteiger partial charge in [0.2, 0.25) is 0 Å². The largest absolute Gasteiger partial charge is 0.506 e. The fourth-order valence-electron chi connectivity index (χ4n) is 1.59. The van der Waals surface area contributed by atoms with Crippen molar-refractivity contribution in [1.82, 2.24) is 9.78 Å². The number of alkyl halides is 1. The molecule has 2 aromatic rings. The van der Waals surface area contributed by atoms with E-state index in [-0.39, 0.29) is 5.75 Å². The van der Waals surface area contributed by atoms with Crippen LogP contribution in [0.2, 0.25) is 0 Å². The Balaban J connectivity index is 2.79. The third-order valence-electron chi connectivity index (χ3n) is 2.28. The highest BCUT2D eigenvalue weighted by Crippen LogP contribution is 2.27. The van der Waals surface area contributed by atoms with Gasteiger partial charge in [-0.1, -0.05) is 28.1 Å². The average Bonchev–Trinajstić information content (AvgIpc) is 2.57. The zero-order chi connectivity index (χ0) is 10.1. The molecule has 14 heavy (non-hydrogen) atoms. The van der Waals surface area contributed by atoms with E-state index in [9.17, 15) is 5.11 Å². The van der Waals surface area contributed by atoms with Gasteiger partial charge >= 0.3 is 0 Å². The van der Waals surface area contributed by atoms with Crippen LogP contribution in [0, 0.1) is 0 Å². The second-order valence-corrected chi connectivity index (χ2v) is 3.63. The van der Waals surface area contributed by atoms with E-state index < -0.39 is 0 Å². The number of fused-ring (bicyclic) bond motifs is 1. The van der Waals surface area contributed by atoms with E-state index in [0.717, 1.165) is 23.0 Å². The van der Waals surface area contributed by atoms with E-state index in [2.05, 4.69) is 21.0 Å². The van der Waals surface area contributed by atoms with E-state index >= 15 is 0 Å². The molecular formula is C10H11BrN2O. The maximum atomic E-state index is 9.61. The number of aryl methyl sites for hydroxylation is 1. The molecule has 0 spiro atoms. The zero-order valence-electron chi connectivity index (χ0n) is 7.87. The minimum Gasteiger partial charge on any atom is -0.506 e. The molecule has 0 fully saturated rings. The number of aromatic nitrogens is 2. The standard InChI is InChI=1S/C10H11BrN2O/c1-2-13-8(6-11)7-4-3-5-9(14)10(7)12-13/h3-5,14H,2,6H2,1H3. The van der Waals surface area contributed by atoms with Gasteiger partial charge in [-0.15, -0.1) is 0 Å². The van der Waals surface area contributed by atoms with Gasteiger partial charge in [0.05, 0.1) is 5.69 Å². The number of benzene rings is 1. The number of rotatable bonds is 2. The van der Waals surface area contributed by atoms with Crippen molar-refractivity contribution < 1.29 is 5.11 Å². The number of nitrogens with zero attached hydrogens (tertiary/aromatic N) is 2. The molecule has 74 valence electrons. The van der Waals surface area contributed by atoms with Gasteiger partial charge in [0.1, 0.15) is 11.3 Å². The first kappa shape index (κ1) is 9.52. The predicted octanol–water partition coefficient (Wildman–Crippen LogP) is 2.66.